The minimum Gasteiger partial charge on any atom is -0.322 e. The van der Waals surface area contributed by atoms with Crippen LogP contribution >= 0.6 is 0 Å². The molecule has 0 saturated carbocycles. The summed E-state index contributed by atoms with van der Waals surface area (Å²) in [5.74, 6) is -0.374. The van der Waals surface area contributed by atoms with Crippen LogP contribution in [0.15, 0.2) is 71.9 Å². The molecular formula is C20H22N4O3S. The summed E-state index contributed by atoms with van der Waals surface area (Å²) in [7, 11) is -3.66. The molecule has 3 aromatic rings. The van der Waals surface area contributed by atoms with Crippen LogP contribution in [0, 0.1) is 0 Å². The van der Waals surface area contributed by atoms with Gasteiger partial charge >= 0.3 is 0 Å². The highest BCUT2D eigenvalue weighted by molar-refractivity contribution is 7.89. The van der Waals surface area contributed by atoms with Crippen molar-refractivity contribution in [2.75, 3.05) is 5.32 Å². The number of sulfonamides is 1. The van der Waals surface area contributed by atoms with Gasteiger partial charge in [0.25, 0.3) is 5.91 Å². The van der Waals surface area contributed by atoms with Crippen LogP contribution in [0.1, 0.15) is 29.8 Å². The van der Waals surface area contributed by atoms with Gasteiger partial charge in [0.2, 0.25) is 10.0 Å². The van der Waals surface area contributed by atoms with Gasteiger partial charge in [0.05, 0.1) is 11.4 Å². The van der Waals surface area contributed by atoms with Crippen LogP contribution in [0.4, 0.5) is 5.69 Å². The highest BCUT2D eigenvalue weighted by atomic mass is 32.2. The maximum absolute atomic E-state index is 12.5. The second kappa shape index (κ2) is 8.37. The molecule has 1 amide bonds. The quantitative estimate of drug-likeness (QED) is 0.640. The molecule has 0 aliphatic rings. The van der Waals surface area contributed by atoms with Crippen LogP contribution in [-0.4, -0.2) is 30.1 Å². The van der Waals surface area contributed by atoms with Crippen molar-refractivity contribution in [3.05, 3.63) is 78.1 Å². The van der Waals surface area contributed by atoms with Crippen molar-refractivity contribution < 1.29 is 13.2 Å². The second-order valence-corrected chi connectivity index (χ2v) is 8.37. The number of hydrogen-bond acceptors (Lipinski definition) is 4. The molecule has 0 fully saturated rings. The zero-order valence-electron chi connectivity index (χ0n) is 15.7. The predicted molar refractivity (Wildman–Crippen MR) is 108 cm³/mol. The lowest BCUT2D eigenvalue weighted by Crippen LogP contribution is -2.30. The number of rotatable bonds is 7. The first kappa shape index (κ1) is 19.8. The molecule has 8 heteroatoms. The second-order valence-electron chi connectivity index (χ2n) is 6.66. The molecule has 0 aliphatic heterocycles. The number of nitrogens with zero attached hydrogens (tertiary/aromatic N) is 2. The Bertz CT molecular complexity index is 1040. The van der Waals surface area contributed by atoms with E-state index in [0.717, 1.165) is 5.56 Å². The van der Waals surface area contributed by atoms with Crippen molar-refractivity contribution in [1.82, 2.24) is 14.5 Å². The lowest BCUT2D eigenvalue weighted by molar-refractivity contribution is 0.102. The zero-order valence-corrected chi connectivity index (χ0v) is 16.5. The van der Waals surface area contributed by atoms with Gasteiger partial charge in [-0.1, -0.05) is 18.2 Å². The number of benzene rings is 2. The molecule has 0 aliphatic carbocycles. The molecule has 0 radical (unpaired) electrons. The molecule has 0 bridgehead atoms. The molecular weight excluding hydrogens is 376 g/mol. The fourth-order valence-electron chi connectivity index (χ4n) is 2.66. The Labute approximate surface area is 164 Å². The molecule has 2 aromatic carbocycles. The Hall–Kier alpha value is -2.97. The summed E-state index contributed by atoms with van der Waals surface area (Å²) in [4.78, 5) is 12.6. The SMILES string of the molecule is CC(C)NS(=O)(=O)c1cccc(C(=O)Nc2ccc(Cn3cccn3)cc2)c1. The van der Waals surface area contributed by atoms with Crippen molar-refractivity contribution >= 4 is 21.6 Å². The number of carbonyl (C=O) groups excluding carboxylic acids is 1. The van der Waals surface area contributed by atoms with Crippen molar-refractivity contribution in [2.24, 2.45) is 0 Å². The van der Waals surface area contributed by atoms with Crippen LogP contribution in [-0.2, 0) is 16.6 Å². The maximum Gasteiger partial charge on any atom is 0.255 e. The van der Waals surface area contributed by atoms with Crippen molar-refractivity contribution in [3.8, 4) is 0 Å². The lowest BCUT2D eigenvalue weighted by Gasteiger charge is -2.11. The summed E-state index contributed by atoms with van der Waals surface area (Å²) >= 11 is 0. The first-order valence-electron chi connectivity index (χ1n) is 8.83. The molecule has 1 heterocycles. The van der Waals surface area contributed by atoms with Gasteiger partial charge in [-0.05, 0) is 55.8 Å². The number of nitrogens with one attached hydrogen (secondary N) is 2. The van der Waals surface area contributed by atoms with Gasteiger partial charge in [-0.15, -0.1) is 0 Å². The number of carbonyl (C=O) groups is 1. The fourth-order valence-corrected chi connectivity index (χ4v) is 3.96. The molecule has 1 aromatic heterocycles. The third kappa shape index (κ3) is 5.05. The highest BCUT2D eigenvalue weighted by Crippen LogP contribution is 2.15. The molecule has 0 atom stereocenters. The summed E-state index contributed by atoms with van der Waals surface area (Å²) in [5, 5.41) is 6.95. The van der Waals surface area contributed by atoms with E-state index in [-0.39, 0.29) is 22.4 Å². The Morgan fingerprint density at radius 1 is 1.11 bits per heavy atom. The molecule has 0 spiro atoms. The topological polar surface area (TPSA) is 93.1 Å². The minimum absolute atomic E-state index is 0.0587. The first-order chi connectivity index (χ1) is 13.3. The summed E-state index contributed by atoms with van der Waals surface area (Å²) in [6.45, 7) is 4.12. The molecule has 2 N–H and O–H groups in total. The lowest BCUT2D eigenvalue weighted by atomic mass is 10.2. The molecule has 28 heavy (non-hydrogen) atoms. The first-order valence-corrected chi connectivity index (χ1v) is 10.3. The number of amides is 1. The predicted octanol–water partition coefficient (Wildman–Crippen LogP) is 2.87. The normalized spacial score (nSPS) is 11.5. The highest BCUT2D eigenvalue weighted by Gasteiger charge is 2.17. The molecule has 0 saturated heterocycles. The Morgan fingerprint density at radius 3 is 2.50 bits per heavy atom. The summed E-state index contributed by atoms with van der Waals surface area (Å²) in [6, 6.07) is 15.0. The van der Waals surface area contributed by atoms with E-state index >= 15 is 0 Å². The van der Waals surface area contributed by atoms with Crippen molar-refractivity contribution in [2.45, 2.75) is 31.3 Å². The molecule has 146 valence electrons. The number of anilines is 1. The van der Waals surface area contributed by atoms with E-state index in [1.54, 1.807) is 44.3 Å². The van der Waals surface area contributed by atoms with Gasteiger partial charge in [-0.25, -0.2) is 13.1 Å². The minimum atomic E-state index is -3.66. The van der Waals surface area contributed by atoms with Gasteiger partial charge in [0.1, 0.15) is 0 Å². The third-order valence-electron chi connectivity index (χ3n) is 3.91. The van der Waals surface area contributed by atoms with E-state index < -0.39 is 10.0 Å². The van der Waals surface area contributed by atoms with Gasteiger partial charge in [0.15, 0.2) is 0 Å². The van der Waals surface area contributed by atoms with Gasteiger partial charge in [-0.2, -0.15) is 5.10 Å². The monoisotopic (exact) mass is 398 g/mol. The standard InChI is InChI=1S/C20H22N4O3S/c1-15(2)23-28(26,27)19-6-3-5-17(13-19)20(25)22-18-9-7-16(8-10-18)14-24-12-4-11-21-24/h3-13,15,23H,14H2,1-2H3,(H,22,25). The van der Waals surface area contributed by atoms with Crippen molar-refractivity contribution in [1.29, 1.82) is 0 Å². The fraction of sp³-hybridized carbons (Fsp3) is 0.200. The van der Waals surface area contributed by atoms with Gasteiger partial charge in [0, 0.05) is 29.7 Å². The van der Waals surface area contributed by atoms with E-state index in [4.69, 9.17) is 0 Å². The number of hydrogen-bond donors (Lipinski definition) is 2. The van der Waals surface area contributed by atoms with Gasteiger partial charge in [-0.3, -0.25) is 9.48 Å². The van der Waals surface area contributed by atoms with Crippen LogP contribution in [0.3, 0.4) is 0 Å². The smallest absolute Gasteiger partial charge is 0.255 e. The van der Waals surface area contributed by atoms with Crippen LogP contribution in [0.25, 0.3) is 0 Å². The maximum atomic E-state index is 12.5. The Morgan fingerprint density at radius 2 is 1.86 bits per heavy atom. The van der Waals surface area contributed by atoms with E-state index in [2.05, 4.69) is 15.1 Å². The van der Waals surface area contributed by atoms with Crippen LogP contribution in [0.2, 0.25) is 0 Å². The molecule has 0 unspecified atom stereocenters. The average molecular weight is 398 g/mol. The number of aromatic nitrogens is 2. The van der Waals surface area contributed by atoms with Crippen LogP contribution in [0.5, 0.6) is 0 Å². The van der Waals surface area contributed by atoms with E-state index in [0.29, 0.717) is 12.2 Å². The molecule has 3 rings (SSSR count). The van der Waals surface area contributed by atoms with Gasteiger partial charge < -0.3 is 5.32 Å². The van der Waals surface area contributed by atoms with Crippen LogP contribution < -0.4 is 10.0 Å². The van der Waals surface area contributed by atoms with E-state index in [1.807, 2.05) is 29.1 Å². The van der Waals surface area contributed by atoms with Crippen molar-refractivity contribution in [3.63, 3.8) is 0 Å². The van der Waals surface area contributed by atoms with E-state index in [9.17, 15) is 13.2 Å². The average Bonchev–Trinajstić information content (AvgIpc) is 3.15. The molecule has 7 nitrogen and oxygen atoms in total. The van der Waals surface area contributed by atoms with E-state index in [1.165, 1.54) is 12.1 Å². The zero-order chi connectivity index (χ0) is 20.1. The largest absolute Gasteiger partial charge is 0.322 e. The summed E-state index contributed by atoms with van der Waals surface area (Å²) in [6.07, 6.45) is 3.60. The summed E-state index contributed by atoms with van der Waals surface area (Å²) in [5.41, 5.74) is 1.95. The third-order valence-corrected chi connectivity index (χ3v) is 5.57. The Kier molecular flexibility index (Phi) is 5.91. The summed E-state index contributed by atoms with van der Waals surface area (Å²) < 4.78 is 28.9. The Balaban J connectivity index is 1.70.